The lowest BCUT2D eigenvalue weighted by atomic mass is 9.98. The molecule has 1 aromatic heterocycles. The van der Waals surface area contributed by atoms with Crippen LogP contribution >= 0.6 is 0 Å². The molecular weight excluding hydrogens is 264 g/mol. The van der Waals surface area contributed by atoms with Gasteiger partial charge < -0.3 is 9.84 Å². The molecule has 0 saturated heterocycles. The summed E-state index contributed by atoms with van der Waals surface area (Å²) in [6.07, 6.45) is 0.823. The van der Waals surface area contributed by atoms with Gasteiger partial charge in [0, 0.05) is 6.07 Å². The Bertz CT molecular complexity index is 600. The van der Waals surface area contributed by atoms with E-state index in [2.05, 4.69) is 55.5 Å². The Morgan fingerprint density at radius 3 is 2.33 bits per heavy atom. The van der Waals surface area contributed by atoms with E-state index in [0.717, 1.165) is 12.0 Å². The van der Waals surface area contributed by atoms with Crippen LogP contribution in [-0.4, -0.2) is 11.1 Å². The summed E-state index contributed by atoms with van der Waals surface area (Å²) < 4.78 is 4.94. The summed E-state index contributed by atoms with van der Waals surface area (Å²) in [5.74, 6) is 0.938. The number of hydrogen-bond acceptors (Lipinski definition) is 3. The second kappa shape index (κ2) is 6.57. The van der Waals surface area contributed by atoms with E-state index in [-0.39, 0.29) is 11.9 Å². The minimum absolute atomic E-state index is 0.0179. The van der Waals surface area contributed by atoms with Gasteiger partial charge in [-0.3, -0.25) is 4.79 Å². The van der Waals surface area contributed by atoms with E-state index in [1.165, 1.54) is 5.56 Å². The minimum atomic E-state index is -0.202. The fraction of sp³-hybridized carbons (Fsp3) is 0.412. The minimum Gasteiger partial charge on any atom is -0.361 e. The molecule has 0 unspecified atom stereocenters. The molecule has 0 spiro atoms. The van der Waals surface area contributed by atoms with Gasteiger partial charge in [0.05, 0.1) is 6.04 Å². The second-order valence-electron chi connectivity index (χ2n) is 5.58. The highest BCUT2D eigenvalue weighted by Crippen LogP contribution is 2.21. The van der Waals surface area contributed by atoms with Crippen LogP contribution in [0.25, 0.3) is 0 Å². The molecule has 1 aromatic carbocycles. The number of aromatic nitrogens is 1. The number of benzene rings is 1. The third-order valence-electron chi connectivity index (χ3n) is 3.58. The fourth-order valence-electron chi connectivity index (χ4n) is 2.24. The van der Waals surface area contributed by atoms with Gasteiger partial charge in [-0.1, -0.05) is 50.2 Å². The Labute approximate surface area is 125 Å². The lowest BCUT2D eigenvalue weighted by Crippen LogP contribution is -2.28. The molecule has 0 aliphatic rings. The number of nitrogens with zero attached hydrogens (tertiary/aromatic N) is 1. The highest BCUT2D eigenvalue weighted by molar-refractivity contribution is 5.92. The third kappa shape index (κ3) is 3.72. The van der Waals surface area contributed by atoms with Crippen molar-refractivity contribution in [3.05, 3.63) is 52.9 Å². The normalized spacial score (nSPS) is 12.4. The standard InChI is InChI=1S/C17H22N2O2/c1-5-15(14-8-6-13(7-9-14)11(2)3)18-17(20)16-10-12(4)21-19-16/h6-11,15H,5H2,1-4H3,(H,18,20)/t15-/m0/s1. The zero-order valence-electron chi connectivity index (χ0n) is 13.0. The van der Waals surface area contributed by atoms with Crippen molar-refractivity contribution in [1.29, 1.82) is 0 Å². The van der Waals surface area contributed by atoms with Crippen LogP contribution in [0.3, 0.4) is 0 Å². The SMILES string of the molecule is CC[C@H](NC(=O)c1cc(C)on1)c1ccc(C(C)C)cc1. The van der Waals surface area contributed by atoms with Gasteiger partial charge in [0.1, 0.15) is 5.76 Å². The van der Waals surface area contributed by atoms with Crippen LogP contribution < -0.4 is 5.32 Å². The molecule has 0 radical (unpaired) electrons. The van der Waals surface area contributed by atoms with Gasteiger partial charge in [0.25, 0.3) is 5.91 Å². The first-order valence-electron chi connectivity index (χ1n) is 7.35. The Morgan fingerprint density at radius 2 is 1.86 bits per heavy atom. The predicted molar refractivity (Wildman–Crippen MR) is 82.3 cm³/mol. The summed E-state index contributed by atoms with van der Waals surface area (Å²) in [5, 5.41) is 6.75. The van der Waals surface area contributed by atoms with Gasteiger partial charge in [-0.25, -0.2) is 0 Å². The van der Waals surface area contributed by atoms with Crippen molar-refractivity contribution in [2.75, 3.05) is 0 Å². The van der Waals surface area contributed by atoms with Crippen molar-refractivity contribution in [1.82, 2.24) is 10.5 Å². The number of hydrogen-bond donors (Lipinski definition) is 1. The van der Waals surface area contributed by atoms with Gasteiger partial charge >= 0.3 is 0 Å². The van der Waals surface area contributed by atoms with E-state index in [4.69, 9.17) is 4.52 Å². The van der Waals surface area contributed by atoms with Crippen LogP contribution in [0.5, 0.6) is 0 Å². The van der Waals surface area contributed by atoms with E-state index < -0.39 is 0 Å². The predicted octanol–water partition coefficient (Wildman–Crippen LogP) is 3.99. The molecule has 0 aliphatic carbocycles. The van der Waals surface area contributed by atoms with E-state index in [1.54, 1.807) is 13.0 Å². The number of rotatable bonds is 5. The maximum absolute atomic E-state index is 12.1. The maximum Gasteiger partial charge on any atom is 0.273 e. The van der Waals surface area contributed by atoms with Crippen LogP contribution in [0.1, 0.15) is 66.5 Å². The Hall–Kier alpha value is -2.10. The van der Waals surface area contributed by atoms with Crippen LogP contribution in [0.2, 0.25) is 0 Å². The smallest absolute Gasteiger partial charge is 0.273 e. The molecule has 2 aromatic rings. The second-order valence-corrected chi connectivity index (χ2v) is 5.58. The Balaban J connectivity index is 2.10. The van der Waals surface area contributed by atoms with Gasteiger partial charge in [-0.05, 0) is 30.4 Å². The quantitative estimate of drug-likeness (QED) is 0.904. The number of carbonyl (C=O) groups is 1. The molecule has 0 bridgehead atoms. The molecule has 0 saturated carbocycles. The Morgan fingerprint density at radius 1 is 1.24 bits per heavy atom. The molecule has 1 N–H and O–H groups in total. The van der Waals surface area contributed by atoms with Gasteiger partial charge in [0.15, 0.2) is 5.69 Å². The molecule has 4 heteroatoms. The monoisotopic (exact) mass is 286 g/mol. The molecule has 0 fully saturated rings. The summed E-state index contributed by atoms with van der Waals surface area (Å²) in [5.41, 5.74) is 2.73. The number of carbonyl (C=O) groups excluding carboxylic acids is 1. The first-order valence-corrected chi connectivity index (χ1v) is 7.35. The molecule has 2 rings (SSSR count). The summed E-state index contributed by atoms with van der Waals surface area (Å²) in [4.78, 5) is 12.1. The van der Waals surface area contributed by atoms with Crippen LogP contribution in [0, 0.1) is 6.92 Å². The topological polar surface area (TPSA) is 55.1 Å². The first kappa shape index (κ1) is 15.3. The lowest BCUT2D eigenvalue weighted by Gasteiger charge is -2.17. The average Bonchev–Trinajstić information content (AvgIpc) is 2.91. The lowest BCUT2D eigenvalue weighted by molar-refractivity contribution is 0.0926. The number of aryl methyl sites for hydroxylation is 1. The molecule has 21 heavy (non-hydrogen) atoms. The highest BCUT2D eigenvalue weighted by Gasteiger charge is 2.17. The zero-order valence-corrected chi connectivity index (χ0v) is 13.0. The van der Waals surface area contributed by atoms with E-state index in [0.29, 0.717) is 17.4 Å². The van der Waals surface area contributed by atoms with E-state index >= 15 is 0 Å². The van der Waals surface area contributed by atoms with Gasteiger partial charge in [-0.15, -0.1) is 0 Å². The fourth-order valence-corrected chi connectivity index (χ4v) is 2.24. The van der Waals surface area contributed by atoms with Crippen molar-refractivity contribution in [3.8, 4) is 0 Å². The van der Waals surface area contributed by atoms with E-state index in [1.807, 2.05) is 0 Å². The molecule has 1 atom stereocenters. The van der Waals surface area contributed by atoms with Crippen molar-refractivity contribution >= 4 is 5.91 Å². The molecule has 112 valence electrons. The Kier molecular flexibility index (Phi) is 4.78. The molecule has 1 heterocycles. The van der Waals surface area contributed by atoms with Crippen molar-refractivity contribution in [2.45, 2.75) is 46.1 Å². The zero-order chi connectivity index (χ0) is 15.4. The number of nitrogens with one attached hydrogen (secondary N) is 1. The summed E-state index contributed by atoms with van der Waals surface area (Å²) in [7, 11) is 0. The summed E-state index contributed by atoms with van der Waals surface area (Å²) in [6, 6.07) is 10.0. The summed E-state index contributed by atoms with van der Waals surface area (Å²) in [6.45, 7) is 8.16. The van der Waals surface area contributed by atoms with Crippen molar-refractivity contribution < 1.29 is 9.32 Å². The van der Waals surface area contributed by atoms with Gasteiger partial charge in [0.2, 0.25) is 0 Å². The molecule has 1 amide bonds. The largest absolute Gasteiger partial charge is 0.361 e. The van der Waals surface area contributed by atoms with Gasteiger partial charge in [-0.2, -0.15) is 0 Å². The molecular formula is C17H22N2O2. The van der Waals surface area contributed by atoms with Crippen molar-refractivity contribution in [3.63, 3.8) is 0 Å². The summed E-state index contributed by atoms with van der Waals surface area (Å²) >= 11 is 0. The van der Waals surface area contributed by atoms with Crippen LogP contribution in [-0.2, 0) is 0 Å². The van der Waals surface area contributed by atoms with Crippen LogP contribution in [0.15, 0.2) is 34.9 Å². The third-order valence-corrected chi connectivity index (χ3v) is 3.58. The van der Waals surface area contributed by atoms with Crippen LogP contribution in [0.4, 0.5) is 0 Å². The van der Waals surface area contributed by atoms with E-state index in [9.17, 15) is 4.79 Å². The molecule has 4 nitrogen and oxygen atoms in total. The van der Waals surface area contributed by atoms with Crippen molar-refractivity contribution in [2.24, 2.45) is 0 Å². The highest BCUT2D eigenvalue weighted by atomic mass is 16.5. The maximum atomic E-state index is 12.1. The average molecular weight is 286 g/mol. The first-order chi connectivity index (χ1) is 10.0. The molecule has 0 aliphatic heterocycles. The number of amides is 1.